The van der Waals surface area contributed by atoms with Crippen LogP contribution in [0.5, 0.6) is 0 Å². The summed E-state index contributed by atoms with van der Waals surface area (Å²) in [6.07, 6.45) is 3.57. The highest BCUT2D eigenvalue weighted by atomic mass is 32.2. The second kappa shape index (κ2) is 6.85. The first-order valence-corrected chi connectivity index (χ1v) is 7.73. The van der Waals surface area contributed by atoms with Crippen molar-refractivity contribution in [2.45, 2.75) is 19.1 Å². The fraction of sp³-hybridized carbons (Fsp3) is 0.357. The smallest absolute Gasteiger partial charge is 0.181 e. The maximum Gasteiger partial charge on any atom is 0.181 e. The van der Waals surface area contributed by atoms with Gasteiger partial charge >= 0.3 is 0 Å². The van der Waals surface area contributed by atoms with Gasteiger partial charge in [0.2, 0.25) is 0 Å². The van der Waals surface area contributed by atoms with E-state index in [2.05, 4.69) is 28.8 Å². The van der Waals surface area contributed by atoms with Crippen LogP contribution in [0.3, 0.4) is 0 Å². The minimum atomic E-state index is 0.472. The first kappa shape index (κ1) is 15.0. The largest absolute Gasteiger partial charge is 0.358 e. The molecule has 0 aliphatic carbocycles. The van der Waals surface area contributed by atoms with Gasteiger partial charge in [0.1, 0.15) is 5.82 Å². The molecule has 0 bridgehead atoms. The molecule has 1 aromatic rings. The Hall–Kier alpha value is -1.40. The molecule has 106 valence electrons. The summed E-state index contributed by atoms with van der Waals surface area (Å²) in [5.41, 5.74) is 1.14. The standard InChI is InChI=1S/C14H18N4S2/c1-4-6-16-13(19)18(14-17-9-11(3)20-14)12-8-10(2)5-7-15-12/h4-5,7-8,11H,1,6,9H2,2-3H3,(H,16,19)/t11-/m1/s1. The lowest BCUT2D eigenvalue weighted by Crippen LogP contribution is -2.43. The van der Waals surface area contributed by atoms with Crippen LogP contribution in [0.1, 0.15) is 12.5 Å². The SMILES string of the molecule is C=CCNC(=S)N(C1=NC[C@@H](C)S1)c1cc(C)ccn1. The number of thiocarbonyl (C=S) groups is 1. The number of aromatic nitrogens is 1. The summed E-state index contributed by atoms with van der Waals surface area (Å²) in [6.45, 7) is 9.32. The number of hydrogen-bond acceptors (Lipinski definition) is 4. The number of amidine groups is 1. The number of anilines is 1. The Labute approximate surface area is 129 Å². The van der Waals surface area contributed by atoms with Gasteiger partial charge in [0, 0.05) is 18.0 Å². The minimum Gasteiger partial charge on any atom is -0.358 e. The highest BCUT2D eigenvalue weighted by Gasteiger charge is 2.25. The first-order valence-electron chi connectivity index (χ1n) is 6.44. The monoisotopic (exact) mass is 306 g/mol. The lowest BCUT2D eigenvalue weighted by molar-refractivity contribution is 0.972. The third-order valence-electron chi connectivity index (χ3n) is 2.71. The van der Waals surface area contributed by atoms with Gasteiger partial charge in [-0.25, -0.2) is 9.88 Å². The number of nitrogens with zero attached hydrogens (tertiary/aromatic N) is 3. The van der Waals surface area contributed by atoms with Gasteiger partial charge in [-0.2, -0.15) is 0 Å². The molecule has 0 fully saturated rings. The van der Waals surface area contributed by atoms with Gasteiger partial charge in [-0.1, -0.05) is 24.8 Å². The molecule has 0 amide bonds. The molecule has 2 heterocycles. The van der Waals surface area contributed by atoms with Crippen LogP contribution >= 0.6 is 24.0 Å². The molecular weight excluding hydrogens is 288 g/mol. The molecule has 2 rings (SSSR count). The number of pyridine rings is 1. The average Bonchev–Trinajstić information content (AvgIpc) is 2.83. The zero-order chi connectivity index (χ0) is 14.5. The predicted molar refractivity (Wildman–Crippen MR) is 91.6 cm³/mol. The second-order valence-electron chi connectivity index (χ2n) is 4.55. The van der Waals surface area contributed by atoms with Crippen LogP contribution in [-0.2, 0) is 0 Å². The van der Waals surface area contributed by atoms with Crippen LogP contribution in [0.15, 0.2) is 36.0 Å². The molecule has 20 heavy (non-hydrogen) atoms. The molecule has 1 N–H and O–H groups in total. The van der Waals surface area contributed by atoms with E-state index in [4.69, 9.17) is 12.2 Å². The number of rotatable bonds is 3. The van der Waals surface area contributed by atoms with Crippen molar-refractivity contribution in [3.63, 3.8) is 0 Å². The van der Waals surface area contributed by atoms with E-state index in [9.17, 15) is 0 Å². The van der Waals surface area contributed by atoms with Gasteiger partial charge in [-0.3, -0.25) is 4.99 Å². The lowest BCUT2D eigenvalue weighted by Gasteiger charge is -2.24. The molecule has 6 heteroatoms. The normalized spacial score (nSPS) is 17.5. The summed E-state index contributed by atoms with van der Waals surface area (Å²) in [5.74, 6) is 0.798. The van der Waals surface area contributed by atoms with E-state index in [-0.39, 0.29) is 0 Å². The molecule has 1 atom stereocenters. The van der Waals surface area contributed by atoms with Gasteiger partial charge in [0.25, 0.3) is 0 Å². The summed E-state index contributed by atoms with van der Waals surface area (Å²) in [6, 6.07) is 3.97. The van der Waals surface area contributed by atoms with Gasteiger partial charge in [-0.15, -0.1) is 6.58 Å². The van der Waals surface area contributed by atoms with Crippen LogP contribution < -0.4 is 10.2 Å². The highest BCUT2D eigenvalue weighted by Crippen LogP contribution is 2.26. The Kier molecular flexibility index (Phi) is 5.14. The first-order chi connectivity index (χ1) is 9.61. The number of aliphatic imine (C=N–C) groups is 1. The van der Waals surface area contributed by atoms with Crippen molar-refractivity contribution >= 4 is 40.1 Å². The molecule has 1 aliphatic heterocycles. The fourth-order valence-corrected chi connectivity index (χ4v) is 3.02. The quantitative estimate of drug-likeness (QED) is 0.687. The second-order valence-corrected chi connectivity index (χ2v) is 6.35. The van der Waals surface area contributed by atoms with Crippen molar-refractivity contribution in [3.05, 3.63) is 36.5 Å². The molecule has 1 aromatic heterocycles. The summed E-state index contributed by atoms with van der Waals surface area (Å²) in [7, 11) is 0. The topological polar surface area (TPSA) is 40.5 Å². The van der Waals surface area contributed by atoms with Crippen molar-refractivity contribution in [1.82, 2.24) is 10.3 Å². The summed E-state index contributed by atoms with van der Waals surface area (Å²) < 4.78 is 0. The molecule has 1 aliphatic rings. The number of aryl methyl sites for hydroxylation is 1. The maximum atomic E-state index is 5.47. The molecule has 0 saturated heterocycles. The molecule has 0 aromatic carbocycles. The van der Waals surface area contributed by atoms with E-state index in [0.717, 1.165) is 23.1 Å². The maximum absolute atomic E-state index is 5.47. The zero-order valence-corrected chi connectivity index (χ0v) is 13.3. The van der Waals surface area contributed by atoms with E-state index < -0.39 is 0 Å². The van der Waals surface area contributed by atoms with Gasteiger partial charge in [-0.05, 0) is 36.8 Å². The van der Waals surface area contributed by atoms with Crippen molar-refractivity contribution in [1.29, 1.82) is 0 Å². The third-order valence-corrected chi connectivity index (χ3v) is 4.11. The van der Waals surface area contributed by atoms with E-state index in [0.29, 0.717) is 16.9 Å². The Morgan fingerprint density at radius 2 is 2.50 bits per heavy atom. The van der Waals surface area contributed by atoms with Crippen LogP contribution in [0.25, 0.3) is 0 Å². The van der Waals surface area contributed by atoms with E-state index >= 15 is 0 Å². The Morgan fingerprint density at radius 1 is 1.70 bits per heavy atom. The van der Waals surface area contributed by atoms with Gasteiger partial charge in [0.15, 0.2) is 10.3 Å². The van der Waals surface area contributed by atoms with Crippen LogP contribution in [0.2, 0.25) is 0 Å². The Balaban J connectivity index is 2.29. The van der Waals surface area contributed by atoms with Crippen LogP contribution in [-0.4, -0.2) is 33.6 Å². The fourth-order valence-electron chi connectivity index (χ4n) is 1.75. The van der Waals surface area contributed by atoms with Crippen LogP contribution in [0.4, 0.5) is 5.82 Å². The van der Waals surface area contributed by atoms with Gasteiger partial charge < -0.3 is 5.32 Å². The summed E-state index contributed by atoms with van der Waals surface area (Å²) in [5, 5.41) is 5.12. The van der Waals surface area contributed by atoms with Gasteiger partial charge in [0.05, 0.1) is 6.54 Å². The predicted octanol–water partition coefficient (Wildman–Crippen LogP) is 2.75. The number of nitrogens with one attached hydrogen (secondary N) is 1. The average molecular weight is 306 g/mol. The highest BCUT2D eigenvalue weighted by molar-refractivity contribution is 8.15. The molecule has 4 nitrogen and oxygen atoms in total. The third kappa shape index (κ3) is 3.58. The molecule has 0 radical (unpaired) electrons. The number of hydrogen-bond donors (Lipinski definition) is 1. The van der Waals surface area contributed by atoms with E-state index in [1.165, 1.54) is 0 Å². The van der Waals surface area contributed by atoms with Crippen LogP contribution in [0, 0.1) is 6.92 Å². The summed E-state index contributed by atoms with van der Waals surface area (Å²) >= 11 is 7.19. The number of thioether (sulfide) groups is 1. The zero-order valence-electron chi connectivity index (χ0n) is 11.7. The van der Waals surface area contributed by atoms with Crippen molar-refractivity contribution in [3.8, 4) is 0 Å². The lowest BCUT2D eigenvalue weighted by atomic mass is 10.3. The van der Waals surface area contributed by atoms with E-state index in [1.807, 2.05) is 24.0 Å². The Bertz CT molecular complexity index is 542. The minimum absolute atomic E-state index is 0.472. The molecular formula is C14H18N4S2. The Morgan fingerprint density at radius 3 is 3.10 bits per heavy atom. The van der Waals surface area contributed by atoms with Crippen molar-refractivity contribution < 1.29 is 0 Å². The summed E-state index contributed by atoms with van der Waals surface area (Å²) in [4.78, 5) is 10.9. The van der Waals surface area contributed by atoms with E-state index in [1.54, 1.807) is 24.0 Å². The molecule has 0 saturated carbocycles. The molecule has 0 unspecified atom stereocenters. The van der Waals surface area contributed by atoms with Crippen molar-refractivity contribution in [2.24, 2.45) is 4.99 Å². The van der Waals surface area contributed by atoms with Crippen molar-refractivity contribution in [2.75, 3.05) is 18.0 Å². The molecule has 0 spiro atoms.